The number of alkyl halides is 3. The number of hydrogen-bond acceptors (Lipinski definition) is 0. The Hall–Kier alpha value is -1.48. The van der Waals surface area contributed by atoms with Gasteiger partial charge in [-0.15, -0.1) is 0 Å². The van der Waals surface area contributed by atoms with Crippen LogP contribution in [0.25, 0.3) is 0 Å². The quantitative estimate of drug-likeness (QED) is 0.565. The van der Waals surface area contributed by atoms with Gasteiger partial charge in [0.15, 0.2) is 0 Å². The predicted molar refractivity (Wildman–Crippen MR) is 81.7 cm³/mol. The van der Waals surface area contributed by atoms with Gasteiger partial charge in [-0.05, 0) is 36.6 Å². The summed E-state index contributed by atoms with van der Waals surface area (Å²) in [5.74, 6) is -0.0992. The summed E-state index contributed by atoms with van der Waals surface area (Å²) in [6.45, 7) is 5.55. The lowest BCUT2D eigenvalue weighted by Gasteiger charge is -2.14. The zero-order valence-electron chi connectivity index (χ0n) is 12.2. The van der Waals surface area contributed by atoms with E-state index in [-0.39, 0.29) is 5.92 Å². The number of rotatable bonds is 1. The van der Waals surface area contributed by atoms with E-state index >= 15 is 0 Å². The van der Waals surface area contributed by atoms with Gasteiger partial charge in [-0.2, -0.15) is 13.2 Å². The van der Waals surface area contributed by atoms with Crippen LogP contribution in [0.4, 0.5) is 13.2 Å². The molecule has 0 amide bonds. The minimum Gasteiger partial charge on any atom is -0.166 e. The molecular formula is C17H18ClF3. The fraction of sp³-hybridized carbons (Fsp3) is 0.294. The average Bonchev–Trinajstić information content (AvgIpc) is 2.42. The highest BCUT2D eigenvalue weighted by Gasteiger charge is 2.33. The summed E-state index contributed by atoms with van der Waals surface area (Å²) in [7, 11) is 0. The Labute approximate surface area is 128 Å². The van der Waals surface area contributed by atoms with Crippen molar-refractivity contribution in [3.8, 4) is 0 Å². The molecule has 0 unspecified atom stereocenters. The molecule has 0 bridgehead atoms. The average molecular weight is 315 g/mol. The van der Waals surface area contributed by atoms with E-state index in [9.17, 15) is 13.2 Å². The summed E-state index contributed by atoms with van der Waals surface area (Å²) in [6, 6.07) is 13.4. The Balaban J connectivity index is 0.000000235. The molecule has 0 aromatic heterocycles. The first-order chi connectivity index (χ1) is 9.71. The normalized spacial score (nSPS) is 11.0. The summed E-state index contributed by atoms with van der Waals surface area (Å²) in [5.41, 5.74) is 1.08. The lowest BCUT2D eigenvalue weighted by molar-refractivity contribution is -0.138. The molecule has 0 aliphatic carbocycles. The third-order valence-corrected chi connectivity index (χ3v) is 3.15. The van der Waals surface area contributed by atoms with Gasteiger partial charge in [-0.25, -0.2) is 0 Å². The summed E-state index contributed by atoms with van der Waals surface area (Å²) in [5, 5.41) is 0.801. The number of aryl methyl sites for hydroxylation is 1. The molecule has 4 heteroatoms. The van der Waals surface area contributed by atoms with E-state index in [1.807, 2.05) is 31.2 Å². The molecule has 2 aromatic rings. The smallest absolute Gasteiger partial charge is 0.166 e. The second-order valence-corrected chi connectivity index (χ2v) is 5.47. The summed E-state index contributed by atoms with van der Waals surface area (Å²) < 4.78 is 37.2. The summed E-state index contributed by atoms with van der Waals surface area (Å²) >= 11 is 5.61. The maximum atomic E-state index is 12.4. The first-order valence-corrected chi connectivity index (χ1v) is 6.98. The van der Waals surface area contributed by atoms with E-state index in [4.69, 9.17) is 11.6 Å². The van der Waals surface area contributed by atoms with Crippen LogP contribution in [0.2, 0.25) is 5.02 Å². The van der Waals surface area contributed by atoms with Gasteiger partial charge in [0.05, 0.1) is 5.56 Å². The van der Waals surface area contributed by atoms with Crippen LogP contribution in [0, 0.1) is 6.92 Å². The van der Waals surface area contributed by atoms with Crippen molar-refractivity contribution < 1.29 is 13.2 Å². The second kappa shape index (κ2) is 7.51. The van der Waals surface area contributed by atoms with Gasteiger partial charge < -0.3 is 0 Å². The van der Waals surface area contributed by atoms with Crippen LogP contribution in [0.5, 0.6) is 0 Å². The highest BCUT2D eigenvalue weighted by Crippen LogP contribution is 2.34. The van der Waals surface area contributed by atoms with Crippen molar-refractivity contribution in [2.75, 3.05) is 0 Å². The summed E-state index contributed by atoms with van der Waals surface area (Å²) in [4.78, 5) is 0. The number of halogens is 4. The topological polar surface area (TPSA) is 0 Å². The first kappa shape index (κ1) is 17.6. The maximum Gasteiger partial charge on any atom is 0.416 e. The minimum absolute atomic E-state index is 0.0992. The first-order valence-electron chi connectivity index (χ1n) is 6.60. The van der Waals surface area contributed by atoms with Crippen LogP contribution in [0.15, 0.2) is 48.5 Å². The molecule has 0 atom stereocenters. The molecule has 0 saturated heterocycles. The Morgan fingerprint density at radius 1 is 0.905 bits per heavy atom. The molecule has 0 nitrogen and oxygen atoms in total. The highest BCUT2D eigenvalue weighted by molar-refractivity contribution is 6.30. The van der Waals surface area contributed by atoms with Crippen molar-refractivity contribution in [1.29, 1.82) is 0 Å². The molecule has 2 aromatic carbocycles. The van der Waals surface area contributed by atoms with Crippen LogP contribution in [-0.2, 0) is 6.18 Å². The second-order valence-electron chi connectivity index (χ2n) is 5.04. The molecule has 0 saturated carbocycles. The number of hydrogen-bond donors (Lipinski definition) is 0. The Bertz CT molecular complexity index is 536. The van der Waals surface area contributed by atoms with Crippen LogP contribution in [0.3, 0.4) is 0 Å². The SMILES string of the molecule is CC(C)c1ccccc1C(F)(F)F.Cc1ccc(Cl)cc1. The zero-order chi connectivity index (χ0) is 16.0. The molecule has 21 heavy (non-hydrogen) atoms. The fourth-order valence-electron chi connectivity index (χ4n) is 1.79. The molecule has 0 fully saturated rings. The van der Waals surface area contributed by atoms with E-state index in [0.29, 0.717) is 5.56 Å². The Kier molecular flexibility index (Phi) is 6.28. The minimum atomic E-state index is -4.24. The van der Waals surface area contributed by atoms with E-state index in [1.54, 1.807) is 19.9 Å². The van der Waals surface area contributed by atoms with Gasteiger partial charge in [0.25, 0.3) is 0 Å². The van der Waals surface area contributed by atoms with Crippen LogP contribution in [-0.4, -0.2) is 0 Å². The lowest BCUT2D eigenvalue weighted by Crippen LogP contribution is -2.09. The van der Waals surface area contributed by atoms with Gasteiger partial charge >= 0.3 is 6.18 Å². The van der Waals surface area contributed by atoms with Crippen molar-refractivity contribution in [1.82, 2.24) is 0 Å². The van der Waals surface area contributed by atoms with E-state index in [2.05, 4.69) is 0 Å². The molecule has 114 valence electrons. The standard InChI is InChI=1S/C10H11F3.C7H7Cl/c1-7(2)8-5-3-4-6-9(8)10(11,12)13;1-6-2-4-7(8)5-3-6/h3-7H,1-2H3;2-5H,1H3. The molecule has 0 heterocycles. The molecule has 0 radical (unpaired) electrons. The third kappa shape index (κ3) is 5.80. The van der Waals surface area contributed by atoms with Crippen molar-refractivity contribution in [3.63, 3.8) is 0 Å². The van der Waals surface area contributed by atoms with Crippen molar-refractivity contribution >= 4 is 11.6 Å². The Morgan fingerprint density at radius 3 is 1.81 bits per heavy atom. The van der Waals surface area contributed by atoms with Gasteiger partial charge in [0.2, 0.25) is 0 Å². The molecule has 0 aliphatic rings. The Morgan fingerprint density at radius 2 is 1.43 bits per heavy atom. The maximum absolute atomic E-state index is 12.4. The zero-order valence-corrected chi connectivity index (χ0v) is 13.0. The fourth-order valence-corrected chi connectivity index (χ4v) is 1.92. The van der Waals surface area contributed by atoms with Gasteiger partial charge in [0.1, 0.15) is 0 Å². The lowest BCUT2D eigenvalue weighted by atomic mass is 9.97. The third-order valence-electron chi connectivity index (χ3n) is 2.90. The van der Waals surface area contributed by atoms with Gasteiger partial charge in [-0.1, -0.05) is 61.3 Å². The van der Waals surface area contributed by atoms with Crippen LogP contribution in [0.1, 0.15) is 36.5 Å². The van der Waals surface area contributed by atoms with Gasteiger partial charge in [0, 0.05) is 5.02 Å². The monoisotopic (exact) mass is 314 g/mol. The van der Waals surface area contributed by atoms with Crippen molar-refractivity contribution in [3.05, 3.63) is 70.2 Å². The number of benzene rings is 2. The molecule has 0 aliphatic heterocycles. The summed E-state index contributed by atoms with van der Waals surface area (Å²) in [6.07, 6.45) is -4.24. The van der Waals surface area contributed by atoms with Crippen molar-refractivity contribution in [2.24, 2.45) is 0 Å². The van der Waals surface area contributed by atoms with Crippen LogP contribution >= 0.6 is 11.6 Å². The largest absolute Gasteiger partial charge is 0.416 e. The van der Waals surface area contributed by atoms with E-state index in [0.717, 1.165) is 11.1 Å². The predicted octanol–water partition coefficient (Wildman–Crippen LogP) is 6.48. The van der Waals surface area contributed by atoms with Gasteiger partial charge in [-0.3, -0.25) is 0 Å². The molecule has 2 rings (SSSR count). The van der Waals surface area contributed by atoms with E-state index < -0.39 is 11.7 Å². The van der Waals surface area contributed by atoms with Crippen LogP contribution < -0.4 is 0 Å². The highest BCUT2D eigenvalue weighted by atomic mass is 35.5. The molecular weight excluding hydrogens is 297 g/mol. The molecule has 0 spiro atoms. The molecule has 0 N–H and O–H groups in total. The van der Waals surface area contributed by atoms with Crippen molar-refractivity contribution in [2.45, 2.75) is 32.9 Å². The van der Waals surface area contributed by atoms with E-state index in [1.165, 1.54) is 17.7 Å².